The highest BCUT2D eigenvalue weighted by Gasteiger charge is 2.33. The number of nitrogens with zero attached hydrogens (tertiary/aromatic N) is 2. The van der Waals surface area contributed by atoms with E-state index in [2.05, 4.69) is 35.3 Å². The molecular formula is C14H17N3O. The van der Waals surface area contributed by atoms with E-state index in [0.29, 0.717) is 24.1 Å². The number of hydrogen-bond acceptors (Lipinski definition) is 4. The van der Waals surface area contributed by atoms with E-state index in [1.165, 1.54) is 24.0 Å². The van der Waals surface area contributed by atoms with Gasteiger partial charge in [-0.3, -0.25) is 0 Å². The van der Waals surface area contributed by atoms with Gasteiger partial charge in [-0.2, -0.15) is 4.98 Å². The highest BCUT2D eigenvalue weighted by Crippen LogP contribution is 2.38. The van der Waals surface area contributed by atoms with Gasteiger partial charge < -0.3 is 10.3 Å². The molecule has 3 rings (SSSR count). The Kier molecular flexibility index (Phi) is 2.88. The first-order valence-electron chi connectivity index (χ1n) is 6.36. The van der Waals surface area contributed by atoms with Crippen LogP contribution in [-0.2, 0) is 6.42 Å². The third-order valence-corrected chi connectivity index (χ3v) is 3.34. The molecule has 1 aromatic heterocycles. The van der Waals surface area contributed by atoms with Crippen LogP contribution in [0.2, 0.25) is 0 Å². The fourth-order valence-corrected chi connectivity index (χ4v) is 2.14. The summed E-state index contributed by atoms with van der Waals surface area (Å²) in [7, 11) is 0. The second kappa shape index (κ2) is 4.53. The van der Waals surface area contributed by atoms with E-state index in [0.717, 1.165) is 0 Å². The maximum absolute atomic E-state index is 6.03. The second-order valence-electron chi connectivity index (χ2n) is 5.08. The molecule has 1 aromatic carbocycles. The Hall–Kier alpha value is -1.68. The minimum atomic E-state index is -0.0799. The first-order chi connectivity index (χ1) is 8.72. The van der Waals surface area contributed by atoms with Crippen LogP contribution < -0.4 is 5.73 Å². The van der Waals surface area contributed by atoms with Crippen molar-refractivity contribution in [3.05, 3.63) is 47.1 Å². The van der Waals surface area contributed by atoms with Gasteiger partial charge in [-0.05, 0) is 31.2 Å². The van der Waals surface area contributed by atoms with E-state index in [-0.39, 0.29) is 6.04 Å². The van der Waals surface area contributed by atoms with E-state index in [1.807, 2.05) is 6.07 Å². The van der Waals surface area contributed by atoms with E-state index in [1.54, 1.807) is 0 Å². The highest BCUT2D eigenvalue weighted by molar-refractivity contribution is 5.24. The standard InChI is InChI=1S/C14H17N3O/c1-9-3-2-4-10(7-9)8-12-16-14(18-17-12)13(15)11-5-6-11/h2-4,7,11,13H,5-6,8,15H2,1H3. The number of aryl methyl sites for hydroxylation is 1. The molecule has 0 bridgehead atoms. The molecule has 2 aromatic rings. The molecule has 0 aliphatic heterocycles. The maximum Gasteiger partial charge on any atom is 0.243 e. The predicted octanol–water partition coefficient (Wildman–Crippen LogP) is 2.38. The van der Waals surface area contributed by atoms with Crippen LogP contribution in [0.4, 0.5) is 0 Å². The minimum Gasteiger partial charge on any atom is -0.338 e. The average molecular weight is 243 g/mol. The van der Waals surface area contributed by atoms with Crippen LogP contribution in [0.1, 0.15) is 41.7 Å². The van der Waals surface area contributed by atoms with Crippen LogP contribution in [-0.4, -0.2) is 10.1 Å². The maximum atomic E-state index is 6.03. The van der Waals surface area contributed by atoms with Gasteiger partial charge in [-0.25, -0.2) is 0 Å². The molecular weight excluding hydrogens is 226 g/mol. The monoisotopic (exact) mass is 243 g/mol. The Labute approximate surface area is 106 Å². The molecule has 1 saturated carbocycles. The largest absolute Gasteiger partial charge is 0.338 e. The summed E-state index contributed by atoms with van der Waals surface area (Å²) < 4.78 is 5.24. The quantitative estimate of drug-likeness (QED) is 0.895. The molecule has 1 aliphatic rings. The fraction of sp³-hybridized carbons (Fsp3) is 0.429. The van der Waals surface area contributed by atoms with E-state index in [9.17, 15) is 0 Å². The van der Waals surface area contributed by atoms with Gasteiger partial charge in [0, 0.05) is 6.42 Å². The summed E-state index contributed by atoms with van der Waals surface area (Å²) >= 11 is 0. The zero-order chi connectivity index (χ0) is 12.5. The lowest BCUT2D eigenvalue weighted by Crippen LogP contribution is -2.12. The Morgan fingerprint density at radius 3 is 3.00 bits per heavy atom. The molecule has 0 amide bonds. The van der Waals surface area contributed by atoms with Gasteiger partial charge in [0.05, 0.1) is 6.04 Å². The van der Waals surface area contributed by atoms with Crippen LogP contribution in [0.25, 0.3) is 0 Å². The highest BCUT2D eigenvalue weighted by atomic mass is 16.5. The summed E-state index contributed by atoms with van der Waals surface area (Å²) in [5.41, 5.74) is 8.47. The molecule has 1 atom stereocenters. The van der Waals surface area contributed by atoms with Crippen LogP contribution in [0.15, 0.2) is 28.8 Å². The number of hydrogen-bond donors (Lipinski definition) is 1. The Morgan fingerprint density at radius 1 is 1.44 bits per heavy atom. The van der Waals surface area contributed by atoms with Crippen LogP contribution in [0, 0.1) is 12.8 Å². The van der Waals surface area contributed by atoms with Crippen molar-refractivity contribution in [1.82, 2.24) is 10.1 Å². The summed E-state index contributed by atoms with van der Waals surface area (Å²) in [6.07, 6.45) is 3.05. The van der Waals surface area contributed by atoms with Crippen molar-refractivity contribution >= 4 is 0 Å². The van der Waals surface area contributed by atoms with Crippen molar-refractivity contribution in [2.75, 3.05) is 0 Å². The molecule has 1 aliphatic carbocycles. The second-order valence-corrected chi connectivity index (χ2v) is 5.08. The predicted molar refractivity (Wildman–Crippen MR) is 67.9 cm³/mol. The lowest BCUT2D eigenvalue weighted by atomic mass is 10.1. The zero-order valence-electron chi connectivity index (χ0n) is 10.5. The van der Waals surface area contributed by atoms with Crippen molar-refractivity contribution in [3.63, 3.8) is 0 Å². The van der Waals surface area contributed by atoms with Crippen molar-refractivity contribution in [2.24, 2.45) is 11.7 Å². The van der Waals surface area contributed by atoms with Crippen LogP contribution in [0.3, 0.4) is 0 Å². The van der Waals surface area contributed by atoms with Crippen molar-refractivity contribution < 1.29 is 4.52 Å². The lowest BCUT2D eigenvalue weighted by Gasteiger charge is -2.01. The molecule has 4 nitrogen and oxygen atoms in total. The van der Waals surface area contributed by atoms with Crippen LogP contribution in [0.5, 0.6) is 0 Å². The van der Waals surface area contributed by atoms with Gasteiger partial charge >= 0.3 is 0 Å². The number of benzene rings is 1. The molecule has 1 fully saturated rings. The van der Waals surface area contributed by atoms with Gasteiger partial charge in [0.1, 0.15) is 0 Å². The Bertz CT molecular complexity index is 545. The topological polar surface area (TPSA) is 64.9 Å². The third-order valence-electron chi connectivity index (χ3n) is 3.34. The van der Waals surface area contributed by atoms with E-state index in [4.69, 9.17) is 10.3 Å². The Morgan fingerprint density at radius 2 is 2.28 bits per heavy atom. The SMILES string of the molecule is Cc1cccc(Cc2noc(C(N)C3CC3)n2)c1. The van der Waals surface area contributed by atoms with Gasteiger partial charge in [0.25, 0.3) is 0 Å². The van der Waals surface area contributed by atoms with Crippen molar-refractivity contribution in [2.45, 2.75) is 32.2 Å². The van der Waals surface area contributed by atoms with Gasteiger partial charge in [-0.15, -0.1) is 0 Å². The number of nitrogens with two attached hydrogens (primary N) is 1. The molecule has 4 heteroatoms. The molecule has 0 saturated heterocycles. The van der Waals surface area contributed by atoms with E-state index < -0.39 is 0 Å². The Balaban J connectivity index is 1.73. The first kappa shape index (κ1) is 11.4. The molecule has 0 radical (unpaired) electrons. The zero-order valence-corrected chi connectivity index (χ0v) is 10.5. The molecule has 2 N–H and O–H groups in total. The average Bonchev–Trinajstić information content (AvgIpc) is 3.09. The lowest BCUT2D eigenvalue weighted by molar-refractivity contribution is 0.340. The number of aromatic nitrogens is 2. The summed E-state index contributed by atoms with van der Waals surface area (Å²) in [5.74, 6) is 1.84. The summed E-state index contributed by atoms with van der Waals surface area (Å²) in [4.78, 5) is 4.39. The third kappa shape index (κ3) is 2.43. The number of rotatable bonds is 4. The van der Waals surface area contributed by atoms with Crippen molar-refractivity contribution in [1.29, 1.82) is 0 Å². The summed E-state index contributed by atoms with van der Waals surface area (Å²) in [6.45, 7) is 2.08. The normalized spacial score (nSPS) is 16.8. The molecule has 1 unspecified atom stereocenters. The van der Waals surface area contributed by atoms with Gasteiger partial charge in [0.2, 0.25) is 5.89 Å². The van der Waals surface area contributed by atoms with Gasteiger partial charge in [0.15, 0.2) is 5.82 Å². The van der Waals surface area contributed by atoms with Crippen LogP contribution >= 0.6 is 0 Å². The van der Waals surface area contributed by atoms with Gasteiger partial charge in [-0.1, -0.05) is 35.0 Å². The molecule has 1 heterocycles. The van der Waals surface area contributed by atoms with E-state index >= 15 is 0 Å². The summed E-state index contributed by atoms with van der Waals surface area (Å²) in [5, 5.41) is 4.01. The molecule has 0 spiro atoms. The minimum absolute atomic E-state index is 0.0799. The molecule has 18 heavy (non-hydrogen) atoms. The fourth-order valence-electron chi connectivity index (χ4n) is 2.14. The smallest absolute Gasteiger partial charge is 0.243 e. The summed E-state index contributed by atoms with van der Waals surface area (Å²) in [6, 6.07) is 8.25. The van der Waals surface area contributed by atoms with Crippen molar-refractivity contribution in [3.8, 4) is 0 Å². The molecule has 94 valence electrons. The first-order valence-corrected chi connectivity index (χ1v) is 6.36.